The maximum Gasteiger partial charge on any atom is 0.229 e. The number of rotatable bonds is 3. The van der Waals surface area contributed by atoms with E-state index in [-0.39, 0.29) is 12.1 Å². The molecule has 3 N–H and O–H groups in total. The van der Waals surface area contributed by atoms with Gasteiger partial charge in [0.1, 0.15) is 5.82 Å². The molecule has 2 saturated heterocycles. The van der Waals surface area contributed by atoms with Gasteiger partial charge in [-0.15, -0.1) is 0 Å². The third-order valence-electron chi connectivity index (χ3n) is 4.27. The molecule has 7 heteroatoms. The Morgan fingerprint density at radius 1 is 1.20 bits per heavy atom. The van der Waals surface area contributed by atoms with Gasteiger partial charge in [-0.2, -0.15) is 15.0 Å². The molecule has 3 heterocycles. The van der Waals surface area contributed by atoms with Gasteiger partial charge in [0.2, 0.25) is 11.9 Å². The highest BCUT2D eigenvalue weighted by molar-refractivity contribution is 5.32. The summed E-state index contributed by atoms with van der Waals surface area (Å²) in [6.45, 7) is 0.690. The van der Waals surface area contributed by atoms with Crippen LogP contribution in [0.25, 0.3) is 0 Å². The molecule has 3 rings (SSSR count). The minimum Gasteiger partial charge on any atom is -0.393 e. The summed E-state index contributed by atoms with van der Waals surface area (Å²) < 4.78 is 0. The van der Waals surface area contributed by atoms with E-state index in [9.17, 15) is 5.11 Å². The van der Waals surface area contributed by atoms with Gasteiger partial charge in [0, 0.05) is 26.2 Å². The minimum atomic E-state index is -0.149. The number of nitrogens with zero attached hydrogens (tertiary/aromatic N) is 5. The number of aliphatic hydroxyl groups excluding tert-OH is 1. The van der Waals surface area contributed by atoms with Crippen molar-refractivity contribution < 1.29 is 5.11 Å². The standard InChI is InChI=1S/C13H22N6O/c1-18(2)13-16-11(15-12(14)17-13)7-19-8-3-4-9(19)6-10(20)5-8/h8-10,20H,3-7H2,1-2H3,(H2,14,15,16,17). The highest BCUT2D eigenvalue weighted by Crippen LogP contribution is 2.36. The van der Waals surface area contributed by atoms with E-state index in [4.69, 9.17) is 5.73 Å². The Kier molecular flexibility index (Phi) is 3.47. The van der Waals surface area contributed by atoms with Crippen LogP contribution in [0.15, 0.2) is 0 Å². The van der Waals surface area contributed by atoms with Crippen LogP contribution in [0, 0.1) is 0 Å². The second-order valence-electron chi connectivity index (χ2n) is 5.99. The van der Waals surface area contributed by atoms with Crippen molar-refractivity contribution in [1.29, 1.82) is 0 Å². The molecule has 2 atom stereocenters. The van der Waals surface area contributed by atoms with Crippen LogP contribution in [0.3, 0.4) is 0 Å². The van der Waals surface area contributed by atoms with E-state index in [2.05, 4.69) is 19.9 Å². The van der Waals surface area contributed by atoms with Crippen LogP contribution >= 0.6 is 0 Å². The number of piperidine rings is 1. The average molecular weight is 278 g/mol. The van der Waals surface area contributed by atoms with E-state index >= 15 is 0 Å². The smallest absolute Gasteiger partial charge is 0.229 e. The Bertz CT molecular complexity index is 480. The first-order valence-electron chi connectivity index (χ1n) is 7.14. The number of nitrogen functional groups attached to an aromatic ring is 1. The van der Waals surface area contributed by atoms with E-state index in [0.717, 1.165) is 31.5 Å². The highest BCUT2D eigenvalue weighted by atomic mass is 16.3. The fourth-order valence-corrected chi connectivity index (χ4v) is 3.36. The van der Waals surface area contributed by atoms with Gasteiger partial charge >= 0.3 is 0 Å². The van der Waals surface area contributed by atoms with Gasteiger partial charge in [-0.25, -0.2) is 0 Å². The van der Waals surface area contributed by atoms with Crippen molar-refractivity contribution in [3.05, 3.63) is 5.82 Å². The molecule has 0 radical (unpaired) electrons. The second-order valence-corrected chi connectivity index (χ2v) is 5.99. The van der Waals surface area contributed by atoms with Gasteiger partial charge in [0.05, 0.1) is 12.6 Å². The van der Waals surface area contributed by atoms with Crippen molar-refractivity contribution in [2.75, 3.05) is 24.7 Å². The third-order valence-corrected chi connectivity index (χ3v) is 4.27. The normalized spacial score (nSPS) is 29.6. The SMILES string of the molecule is CN(C)c1nc(N)nc(CN2C3CCC2CC(O)C3)n1. The second kappa shape index (κ2) is 5.14. The van der Waals surface area contributed by atoms with Crippen molar-refractivity contribution in [3.63, 3.8) is 0 Å². The summed E-state index contributed by atoms with van der Waals surface area (Å²) in [7, 11) is 3.78. The summed E-state index contributed by atoms with van der Waals surface area (Å²) in [6.07, 6.45) is 3.88. The highest BCUT2D eigenvalue weighted by Gasteiger charge is 2.40. The molecule has 7 nitrogen and oxygen atoms in total. The lowest BCUT2D eigenvalue weighted by molar-refractivity contribution is 0.0296. The monoisotopic (exact) mass is 278 g/mol. The molecular weight excluding hydrogens is 256 g/mol. The predicted molar refractivity (Wildman–Crippen MR) is 76.2 cm³/mol. The summed E-state index contributed by atoms with van der Waals surface area (Å²) in [5.41, 5.74) is 5.76. The van der Waals surface area contributed by atoms with Gasteiger partial charge in [-0.05, 0) is 25.7 Å². The topological polar surface area (TPSA) is 91.4 Å². The largest absolute Gasteiger partial charge is 0.393 e. The quantitative estimate of drug-likeness (QED) is 0.804. The number of hydrogen-bond acceptors (Lipinski definition) is 7. The van der Waals surface area contributed by atoms with Crippen molar-refractivity contribution in [2.45, 2.75) is 50.4 Å². The zero-order valence-electron chi connectivity index (χ0n) is 12.0. The van der Waals surface area contributed by atoms with Gasteiger partial charge in [0.15, 0.2) is 0 Å². The van der Waals surface area contributed by atoms with E-state index < -0.39 is 0 Å². The molecule has 110 valence electrons. The fourth-order valence-electron chi connectivity index (χ4n) is 3.36. The summed E-state index contributed by atoms with van der Waals surface area (Å²) in [6, 6.07) is 0.897. The van der Waals surface area contributed by atoms with Crippen LogP contribution in [0.5, 0.6) is 0 Å². The first-order chi connectivity index (χ1) is 9.52. The van der Waals surface area contributed by atoms with Gasteiger partial charge in [-0.1, -0.05) is 0 Å². The number of aliphatic hydroxyl groups is 1. The van der Waals surface area contributed by atoms with E-state index in [1.165, 1.54) is 0 Å². The number of aromatic nitrogens is 3. The predicted octanol–water partition coefficient (Wildman–Crippen LogP) is 0.00750. The number of hydrogen-bond donors (Lipinski definition) is 2. The Hall–Kier alpha value is -1.47. The lowest BCUT2D eigenvalue weighted by Crippen LogP contribution is -2.44. The van der Waals surface area contributed by atoms with Gasteiger partial charge < -0.3 is 15.7 Å². The van der Waals surface area contributed by atoms with Crippen molar-refractivity contribution in [1.82, 2.24) is 19.9 Å². The molecule has 0 aliphatic carbocycles. The molecule has 1 aromatic rings. The Morgan fingerprint density at radius 2 is 1.85 bits per heavy atom. The lowest BCUT2D eigenvalue weighted by atomic mass is 10.00. The maximum absolute atomic E-state index is 9.84. The molecule has 20 heavy (non-hydrogen) atoms. The summed E-state index contributed by atoms with van der Waals surface area (Å²) in [5, 5.41) is 9.84. The van der Waals surface area contributed by atoms with E-state index in [0.29, 0.717) is 24.6 Å². The van der Waals surface area contributed by atoms with Gasteiger partial charge in [0.25, 0.3) is 0 Å². The molecule has 1 aromatic heterocycles. The zero-order valence-corrected chi connectivity index (χ0v) is 12.0. The molecule has 0 saturated carbocycles. The molecule has 2 fully saturated rings. The van der Waals surface area contributed by atoms with Crippen LogP contribution < -0.4 is 10.6 Å². The Labute approximate surface area is 118 Å². The zero-order chi connectivity index (χ0) is 14.3. The van der Waals surface area contributed by atoms with Crippen molar-refractivity contribution >= 4 is 11.9 Å². The summed E-state index contributed by atoms with van der Waals surface area (Å²) in [4.78, 5) is 17.1. The van der Waals surface area contributed by atoms with Crippen LogP contribution in [0.1, 0.15) is 31.5 Å². The molecule has 2 aliphatic heterocycles. The first kappa shape index (κ1) is 13.5. The molecular formula is C13H22N6O. The van der Waals surface area contributed by atoms with E-state index in [1.807, 2.05) is 19.0 Å². The summed E-state index contributed by atoms with van der Waals surface area (Å²) >= 11 is 0. The molecule has 0 spiro atoms. The Morgan fingerprint density at radius 3 is 2.45 bits per heavy atom. The van der Waals surface area contributed by atoms with E-state index in [1.54, 1.807) is 0 Å². The van der Waals surface area contributed by atoms with Crippen LogP contribution in [0.2, 0.25) is 0 Å². The van der Waals surface area contributed by atoms with Crippen LogP contribution in [-0.4, -0.2) is 57.2 Å². The molecule has 2 aliphatic rings. The van der Waals surface area contributed by atoms with Gasteiger partial charge in [-0.3, -0.25) is 4.90 Å². The number of fused-ring (bicyclic) bond motifs is 2. The Balaban J connectivity index is 1.78. The molecule has 0 aromatic carbocycles. The average Bonchev–Trinajstić information content (AvgIpc) is 2.61. The van der Waals surface area contributed by atoms with Crippen LogP contribution in [0.4, 0.5) is 11.9 Å². The van der Waals surface area contributed by atoms with Crippen LogP contribution in [-0.2, 0) is 6.54 Å². The fraction of sp³-hybridized carbons (Fsp3) is 0.769. The minimum absolute atomic E-state index is 0.149. The molecule has 2 unspecified atom stereocenters. The van der Waals surface area contributed by atoms with Crippen molar-refractivity contribution in [2.24, 2.45) is 0 Å². The number of anilines is 2. The molecule has 0 amide bonds. The maximum atomic E-state index is 9.84. The molecule has 2 bridgehead atoms. The first-order valence-corrected chi connectivity index (χ1v) is 7.14. The number of nitrogens with two attached hydrogens (primary N) is 1. The third kappa shape index (κ3) is 2.55. The lowest BCUT2D eigenvalue weighted by Gasteiger charge is -2.36. The summed E-state index contributed by atoms with van der Waals surface area (Å²) in [5.74, 6) is 1.58. The van der Waals surface area contributed by atoms with Crippen molar-refractivity contribution in [3.8, 4) is 0 Å².